The van der Waals surface area contributed by atoms with Gasteiger partial charge in [-0.25, -0.2) is 4.98 Å². The molecule has 0 aliphatic carbocycles. The van der Waals surface area contributed by atoms with E-state index in [0.29, 0.717) is 6.04 Å². The number of benzene rings is 1. The van der Waals surface area contributed by atoms with Gasteiger partial charge < -0.3 is 15.0 Å². The smallest absolute Gasteiger partial charge is 0.223 e. The number of amides is 1. The van der Waals surface area contributed by atoms with Crippen molar-refractivity contribution in [2.24, 2.45) is 5.92 Å². The number of aromatic nitrogens is 1. The fraction of sp³-hybridized carbons (Fsp3) is 0.579. The number of nitrogens with zero attached hydrogens (tertiary/aromatic N) is 2. The Hall–Kier alpha value is -1.31. The van der Waals surface area contributed by atoms with E-state index in [-0.39, 0.29) is 11.8 Å². The number of anilines is 1. The van der Waals surface area contributed by atoms with Gasteiger partial charge in [-0.15, -0.1) is 11.8 Å². The van der Waals surface area contributed by atoms with Gasteiger partial charge in [0.15, 0.2) is 5.13 Å². The van der Waals surface area contributed by atoms with Crippen LogP contribution in [0.3, 0.4) is 0 Å². The van der Waals surface area contributed by atoms with E-state index in [4.69, 9.17) is 9.72 Å². The number of thiazole rings is 1. The zero-order valence-corrected chi connectivity index (χ0v) is 16.7. The minimum atomic E-state index is 0.131. The van der Waals surface area contributed by atoms with E-state index in [1.807, 2.05) is 0 Å². The van der Waals surface area contributed by atoms with Gasteiger partial charge in [-0.3, -0.25) is 4.79 Å². The fourth-order valence-corrected chi connectivity index (χ4v) is 5.22. The first-order chi connectivity index (χ1) is 12.7. The standard InChI is InChI=1S/C19H25N3O2S2/c1-25-15-2-3-16-17(12-15)26-19(21-16)22-8-4-13(5-9-22)18(23)20-14-6-10-24-11-7-14/h2-3,12-14H,4-11H2,1H3,(H,20,23). The van der Waals surface area contributed by atoms with Crippen LogP contribution in [0.15, 0.2) is 23.1 Å². The Morgan fingerprint density at radius 1 is 1.27 bits per heavy atom. The first kappa shape index (κ1) is 18.1. The molecule has 2 aromatic rings. The quantitative estimate of drug-likeness (QED) is 0.808. The molecule has 0 atom stereocenters. The number of hydrogen-bond acceptors (Lipinski definition) is 6. The third-order valence-corrected chi connectivity index (χ3v) is 7.09. The van der Waals surface area contributed by atoms with Crippen molar-refractivity contribution in [3.8, 4) is 0 Å². The maximum absolute atomic E-state index is 12.5. The van der Waals surface area contributed by atoms with Crippen molar-refractivity contribution in [2.45, 2.75) is 36.6 Å². The Bertz CT molecular complexity index is 765. The lowest BCUT2D eigenvalue weighted by atomic mass is 9.95. The number of thioether (sulfide) groups is 1. The van der Waals surface area contributed by atoms with Gasteiger partial charge in [0.1, 0.15) is 0 Å². The highest BCUT2D eigenvalue weighted by Gasteiger charge is 2.28. The molecule has 0 spiro atoms. The summed E-state index contributed by atoms with van der Waals surface area (Å²) in [6.45, 7) is 3.33. The summed E-state index contributed by atoms with van der Waals surface area (Å²) in [5.41, 5.74) is 1.07. The summed E-state index contributed by atoms with van der Waals surface area (Å²) < 4.78 is 6.61. The van der Waals surface area contributed by atoms with E-state index in [1.54, 1.807) is 23.1 Å². The summed E-state index contributed by atoms with van der Waals surface area (Å²) >= 11 is 3.52. The van der Waals surface area contributed by atoms with Gasteiger partial charge in [0.2, 0.25) is 5.91 Å². The van der Waals surface area contributed by atoms with Gasteiger partial charge in [0, 0.05) is 43.2 Å². The van der Waals surface area contributed by atoms with E-state index in [0.717, 1.165) is 62.6 Å². The lowest BCUT2D eigenvalue weighted by Gasteiger charge is -2.32. The summed E-state index contributed by atoms with van der Waals surface area (Å²) in [5.74, 6) is 0.358. The summed E-state index contributed by atoms with van der Waals surface area (Å²) in [6, 6.07) is 6.75. The largest absolute Gasteiger partial charge is 0.381 e. The number of carbonyl (C=O) groups is 1. The average Bonchev–Trinajstić information content (AvgIpc) is 3.12. The minimum Gasteiger partial charge on any atom is -0.381 e. The molecular formula is C19H25N3O2S2. The van der Waals surface area contributed by atoms with Crippen molar-refractivity contribution >= 4 is 44.4 Å². The van der Waals surface area contributed by atoms with Crippen LogP contribution in [-0.4, -0.2) is 49.5 Å². The predicted octanol–water partition coefficient (Wildman–Crippen LogP) is 3.53. The van der Waals surface area contributed by atoms with Gasteiger partial charge in [-0.1, -0.05) is 11.3 Å². The number of nitrogens with one attached hydrogen (secondary N) is 1. The van der Waals surface area contributed by atoms with Crippen LogP contribution in [0.1, 0.15) is 25.7 Å². The minimum absolute atomic E-state index is 0.131. The zero-order valence-electron chi connectivity index (χ0n) is 15.1. The molecule has 0 radical (unpaired) electrons. The molecule has 2 aliphatic rings. The molecule has 1 amide bonds. The molecule has 4 rings (SSSR count). The highest BCUT2D eigenvalue weighted by Crippen LogP contribution is 2.33. The van der Waals surface area contributed by atoms with Crippen LogP contribution in [-0.2, 0) is 9.53 Å². The van der Waals surface area contributed by atoms with Gasteiger partial charge in [0.25, 0.3) is 0 Å². The highest BCUT2D eigenvalue weighted by atomic mass is 32.2. The molecule has 3 heterocycles. The molecule has 2 fully saturated rings. The van der Waals surface area contributed by atoms with Crippen molar-refractivity contribution in [2.75, 3.05) is 37.5 Å². The monoisotopic (exact) mass is 391 g/mol. The van der Waals surface area contributed by atoms with Gasteiger partial charge in [-0.2, -0.15) is 0 Å². The molecule has 5 nitrogen and oxygen atoms in total. The number of piperidine rings is 1. The topological polar surface area (TPSA) is 54.5 Å². The lowest BCUT2D eigenvalue weighted by Crippen LogP contribution is -2.45. The maximum Gasteiger partial charge on any atom is 0.223 e. The Balaban J connectivity index is 1.35. The molecule has 1 N–H and O–H groups in total. The van der Waals surface area contributed by atoms with Gasteiger partial charge in [-0.05, 0) is 50.1 Å². The third kappa shape index (κ3) is 4.00. The second-order valence-corrected chi connectivity index (χ2v) is 8.88. The lowest BCUT2D eigenvalue weighted by molar-refractivity contribution is -0.126. The predicted molar refractivity (Wildman–Crippen MR) is 108 cm³/mol. The summed E-state index contributed by atoms with van der Waals surface area (Å²) in [4.78, 5) is 20.9. The zero-order chi connectivity index (χ0) is 17.9. The van der Waals surface area contributed by atoms with Crippen molar-refractivity contribution in [3.05, 3.63) is 18.2 Å². The summed E-state index contributed by atoms with van der Waals surface area (Å²) in [6.07, 6.45) is 5.78. The van der Waals surface area contributed by atoms with Gasteiger partial charge >= 0.3 is 0 Å². The molecule has 1 aromatic heterocycles. The van der Waals surface area contributed by atoms with Crippen LogP contribution in [0.2, 0.25) is 0 Å². The second-order valence-electron chi connectivity index (χ2n) is 6.99. The van der Waals surface area contributed by atoms with Crippen LogP contribution in [0.4, 0.5) is 5.13 Å². The summed E-state index contributed by atoms with van der Waals surface area (Å²) in [5, 5.41) is 4.31. The Labute approximate surface area is 162 Å². The molecule has 0 unspecified atom stereocenters. The third-order valence-electron chi connectivity index (χ3n) is 5.29. The first-order valence-electron chi connectivity index (χ1n) is 9.30. The molecule has 0 saturated carbocycles. The number of fused-ring (bicyclic) bond motifs is 1. The van der Waals surface area contributed by atoms with E-state index >= 15 is 0 Å². The Kier molecular flexibility index (Phi) is 5.66. The van der Waals surface area contributed by atoms with E-state index in [2.05, 4.69) is 34.7 Å². The molecule has 1 aromatic carbocycles. The molecule has 7 heteroatoms. The van der Waals surface area contributed by atoms with Gasteiger partial charge in [0.05, 0.1) is 10.2 Å². The normalized spacial score (nSPS) is 19.8. The number of hydrogen-bond donors (Lipinski definition) is 1. The average molecular weight is 392 g/mol. The fourth-order valence-electron chi connectivity index (χ4n) is 3.65. The van der Waals surface area contributed by atoms with Crippen LogP contribution >= 0.6 is 23.1 Å². The molecular weight excluding hydrogens is 366 g/mol. The van der Waals surface area contributed by atoms with Crippen LogP contribution < -0.4 is 10.2 Å². The molecule has 2 saturated heterocycles. The number of rotatable bonds is 4. The maximum atomic E-state index is 12.5. The van der Waals surface area contributed by atoms with Crippen LogP contribution in [0.25, 0.3) is 10.2 Å². The molecule has 26 heavy (non-hydrogen) atoms. The van der Waals surface area contributed by atoms with Crippen LogP contribution in [0.5, 0.6) is 0 Å². The van der Waals surface area contributed by atoms with E-state index < -0.39 is 0 Å². The SMILES string of the molecule is CSc1ccc2nc(N3CCC(C(=O)NC4CCOCC4)CC3)sc2c1. The number of ether oxygens (including phenoxy) is 1. The molecule has 0 bridgehead atoms. The Morgan fingerprint density at radius 3 is 2.77 bits per heavy atom. The van der Waals surface area contributed by atoms with E-state index in [1.165, 1.54) is 9.60 Å². The van der Waals surface area contributed by atoms with Crippen LogP contribution in [0, 0.1) is 5.92 Å². The van der Waals surface area contributed by atoms with Crippen molar-refractivity contribution in [1.29, 1.82) is 0 Å². The first-order valence-corrected chi connectivity index (χ1v) is 11.3. The van der Waals surface area contributed by atoms with E-state index in [9.17, 15) is 4.79 Å². The van der Waals surface area contributed by atoms with Crippen molar-refractivity contribution < 1.29 is 9.53 Å². The number of carbonyl (C=O) groups excluding carboxylic acids is 1. The highest BCUT2D eigenvalue weighted by molar-refractivity contribution is 7.98. The second kappa shape index (κ2) is 8.15. The summed E-state index contributed by atoms with van der Waals surface area (Å²) in [7, 11) is 0. The van der Waals surface area contributed by atoms with Crippen molar-refractivity contribution in [1.82, 2.24) is 10.3 Å². The molecule has 140 valence electrons. The molecule has 2 aliphatic heterocycles. The Morgan fingerprint density at radius 2 is 2.04 bits per heavy atom. The van der Waals surface area contributed by atoms with Crippen molar-refractivity contribution in [3.63, 3.8) is 0 Å².